The zero-order valence-corrected chi connectivity index (χ0v) is 15.9. The van der Waals surface area contributed by atoms with Gasteiger partial charge in [0.1, 0.15) is 5.75 Å². The predicted molar refractivity (Wildman–Crippen MR) is 95.6 cm³/mol. The molecule has 4 nitrogen and oxygen atoms in total. The van der Waals surface area contributed by atoms with Crippen LogP contribution in [0.25, 0.3) is 0 Å². The Labute approximate surface area is 148 Å². The first kappa shape index (κ1) is 20.3. The molecule has 23 heavy (non-hydrogen) atoms. The molecule has 0 aliphatic rings. The number of nitrogens with one attached hydrogen (secondary N) is 1. The van der Waals surface area contributed by atoms with Crippen LogP contribution in [-0.2, 0) is 20.4 Å². The topological polar surface area (TPSA) is 63.2 Å². The SMILES string of the molecule is CC(C)CCC(C)NC(=O)CS(=O)(=O)Cc1ccc(Cl)c(Cl)c1. The van der Waals surface area contributed by atoms with Crippen molar-refractivity contribution in [3.8, 4) is 0 Å². The van der Waals surface area contributed by atoms with Crippen LogP contribution in [0.4, 0.5) is 0 Å². The van der Waals surface area contributed by atoms with Crippen molar-refractivity contribution in [3.05, 3.63) is 33.8 Å². The van der Waals surface area contributed by atoms with E-state index in [1.807, 2.05) is 6.92 Å². The molecule has 0 aromatic heterocycles. The van der Waals surface area contributed by atoms with Crippen molar-refractivity contribution in [2.75, 3.05) is 5.75 Å². The molecule has 1 amide bonds. The molecular weight excluding hydrogens is 357 g/mol. The lowest BCUT2D eigenvalue weighted by Gasteiger charge is -2.15. The van der Waals surface area contributed by atoms with Crippen LogP contribution in [0.1, 0.15) is 39.2 Å². The van der Waals surface area contributed by atoms with Crippen LogP contribution in [0, 0.1) is 5.92 Å². The monoisotopic (exact) mass is 379 g/mol. The maximum atomic E-state index is 12.1. The van der Waals surface area contributed by atoms with Crippen molar-refractivity contribution < 1.29 is 13.2 Å². The van der Waals surface area contributed by atoms with E-state index in [-0.39, 0.29) is 11.8 Å². The van der Waals surface area contributed by atoms with E-state index in [9.17, 15) is 13.2 Å². The molecule has 1 rings (SSSR count). The highest BCUT2D eigenvalue weighted by atomic mass is 35.5. The van der Waals surface area contributed by atoms with Crippen LogP contribution >= 0.6 is 23.2 Å². The fourth-order valence-corrected chi connectivity index (χ4v) is 3.70. The van der Waals surface area contributed by atoms with E-state index in [1.54, 1.807) is 12.1 Å². The molecule has 1 aromatic rings. The Morgan fingerprint density at radius 2 is 1.78 bits per heavy atom. The lowest BCUT2D eigenvalue weighted by molar-refractivity contribution is -0.119. The number of sulfone groups is 1. The maximum absolute atomic E-state index is 12.1. The molecule has 0 spiro atoms. The van der Waals surface area contributed by atoms with Crippen molar-refractivity contribution in [1.29, 1.82) is 0 Å². The van der Waals surface area contributed by atoms with Gasteiger partial charge < -0.3 is 5.32 Å². The molecule has 0 radical (unpaired) electrons. The lowest BCUT2D eigenvalue weighted by atomic mass is 10.0. The van der Waals surface area contributed by atoms with Gasteiger partial charge in [-0.05, 0) is 43.4 Å². The lowest BCUT2D eigenvalue weighted by Crippen LogP contribution is -2.37. The molecule has 1 N–H and O–H groups in total. The van der Waals surface area contributed by atoms with E-state index in [2.05, 4.69) is 19.2 Å². The van der Waals surface area contributed by atoms with Gasteiger partial charge in [0, 0.05) is 6.04 Å². The summed E-state index contributed by atoms with van der Waals surface area (Å²) in [6.45, 7) is 6.10. The number of hydrogen-bond donors (Lipinski definition) is 1. The van der Waals surface area contributed by atoms with E-state index < -0.39 is 21.5 Å². The Kier molecular flexibility index (Phi) is 7.84. The van der Waals surface area contributed by atoms with E-state index >= 15 is 0 Å². The zero-order chi connectivity index (χ0) is 17.6. The maximum Gasteiger partial charge on any atom is 0.235 e. The highest BCUT2D eigenvalue weighted by molar-refractivity contribution is 7.91. The quantitative estimate of drug-likeness (QED) is 0.745. The smallest absolute Gasteiger partial charge is 0.235 e. The second-order valence-corrected chi connectivity index (χ2v) is 9.10. The molecule has 7 heteroatoms. The van der Waals surface area contributed by atoms with Gasteiger partial charge in [0.05, 0.1) is 15.8 Å². The van der Waals surface area contributed by atoms with Gasteiger partial charge in [0.2, 0.25) is 5.91 Å². The summed E-state index contributed by atoms with van der Waals surface area (Å²) in [7, 11) is -3.55. The minimum atomic E-state index is -3.55. The van der Waals surface area contributed by atoms with Crippen LogP contribution in [0.3, 0.4) is 0 Å². The second-order valence-electron chi connectivity index (χ2n) is 6.22. The van der Waals surface area contributed by atoms with Gasteiger partial charge in [0.15, 0.2) is 9.84 Å². The molecule has 1 atom stereocenters. The Hall–Kier alpha value is -0.780. The average Bonchev–Trinajstić information content (AvgIpc) is 2.39. The molecular formula is C16H23Cl2NO3S. The number of hydrogen-bond acceptors (Lipinski definition) is 3. The fraction of sp³-hybridized carbons (Fsp3) is 0.562. The van der Waals surface area contributed by atoms with Crippen LogP contribution < -0.4 is 5.32 Å². The first-order valence-electron chi connectivity index (χ1n) is 7.53. The van der Waals surface area contributed by atoms with E-state index in [0.29, 0.717) is 21.5 Å². The van der Waals surface area contributed by atoms with E-state index in [1.165, 1.54) is 6.07 Å². The molecule has 0 saturated heterocycles. The third kappa shape index (κ3) is 8.04. The van der Waals surface area contributed by atoms with Crippen molar-refractivity contribution in [2.24, 2.45) is 5.92 Å². The number of carbonyl (C=O) groups is 1. The summed E-state index contributed by atoms with van der Waals surface area (Å²) in [5.74, 6) is -0.689. The third-order valence-corrected chi connectivity index (χ3v) is 5.52. The van der Waals surface area contributed by atoms with Crippen molar-refractivity contribution in [3.63, 3.8) is 0 Å². The minimum Gasteiger partial charge on any atom is -0.353 e. The summed E-state index contributed by atoms with van der Waals surface area (Å²) in [4.78, 5) is 11.9. The van der Waals surface area contributed by atoms with Crippen molar-refractivity contribution in [2.45, 2.75) is 45.4 Å². The molecule has 0 heterocycles. The van der Waals surface area contributed by atoms with E-state index in [4.69, 9.17) is 23.2 Å². The largest absolute Gasteiger partial charge is 0.353 e. The molecule has 0 aliphatic heterocycles. The second kappa shape index (κ2) is 8.90. The first-order chi connectivity index (χ1) is 10.6. The standard InChI is InChI=1S/C16H23Cl2NO3S/c1-11(2)4-5-12(3)19-16(20)10-23(21,22)9-13-6-7-14(17)15(18)8-13/h6-8,11-12H,4-5,9-10H2,1-3H3,(H,19,20). The van der Waals surface area contributed by atoms with Gasteiger partial charge in [-0.3, -0.25) is 4.79 Å². The molecule has 0 bridgehead atoms. The minimum absolute atomic E-state index is 0.0370. The Morgan fingerprint density at radius 3 is 2.35 bits per heavy atom. The summed E-state index contributed by atoms with van der Waals surface area (Å²) in [5.41, 5.74) is 0.514. The third-order valence-electron chi connectivity index (χ3n) is 3.31. The number of benzene rings is 1. The van der Waals surface area contributed by atoms with E-state index in [0.717, 1.165) is 12.8 Å². The summed E-state index contributed by atoms with van der Waals surface area (Å²) in [5, 5.41) is 3.40. The summed E-state index contributed by atoms with van der Waals surface area (Å²) < 4.78 is 24.2. The predicted octanol–water partition coefficient (Wildman–Crippen LogP) is 3.85. The summed E-state index contributed by atoms with van der Waals surface area (Å²) in [6.07, 6.45) is 1.81. The first-order valence-corrected chi connectivity index (χ1v) is 10.1. The highest BCUT2D eigenvalue weighted by Gasteiger charge is 2.19. The Bertz CT molecular complexity index is 645. The van der Waals surface area contributed by atoms with Crippen LogP contribution in [0.2, 0.25) is 10.0 Å². The van der Waals surface area contributed by atoms with Gasteiger partial charge in [-0.15, -0.1) is 0 Å². The van der Waals surface area contributed by atoms with Crippen molar-refractivity contribution in [1.82, 2.24) is 5.32 Å². The molecule has 1 aromatic carbocycles. The van der Waals surface area contributed by atoms with Gasteiger partial charge in [-0.25, -0.2) is 8.42 Å². The van der Waals surface area contributed by atoms with Crippen molar-refractivity contribution >= 4 is 38.9 Å². The summed E-state index contributed by atoms with van der Waals surface area (Å²) in [6, 6.07) is 4.60. The molecule has 0 saturated carbocycles. The number of amides is 1. The molecule has 130 valence electrons. The zero-order valence-electron chi connectivity index (χ0n) is 13.6. The molecule has 0 aliphatic carbocycles. The molecule has 0 fully saturated rings. The average molecular weight is 380 g/mol. The van der Waals surface area contributed by atoms with Crippen LogP contribution in [-0.4, -0.2) is 26.1 Å². The number of carbonyl (C=O) groups excluding carboxylic acids is 1. The highest BCUT2D eigenvalue weighted by Crippen LogP contribution is 2.23. The summed E-state index contributed by atoms with van der Waals surface area (Å²) >= 11 is 11.7. The normalized spacial score (nSPS) is 13.1. The Morgan fingerprint density at radius 1 is 1.13 bits per heavy atom. The van der Waals surface area contributed by atoms with Crippen LogP contribution in [0.5, 0.6) is 0 Å². The number of rotatable bonds is 8. The van der Waals surface area contributed by atoms with Gasteiger partial charge in [-0.2, -0.15) is 0 Å². The Balaban J connectivity index is 2.56. The van der Waals surface area contributed by atoms with Gasteiger partial charge in [-0.1, -0.05) is 43.1 Å². The molecule has 1 unspecified atom stereocenters. The number of halogens is 2. The fourth-order valence-electron chi connectivity index (χ4n) is 2.11. The van der Waals surface area contributed by atoms with Crippen LogP contribution in [0.15, 0.2) is 18.2 Å². The van der Waals surface area contributed by atoms with Gasteiger partial charge in [0.25, 0.3) is 0 Å². The van der Waals surface area contributed by atoms with Gasteiger partial charge >= 0.3 is 0 Å².